The van der Waals surface area contributed by atoms with Gasteiger partial charge in [-0.1, -0.05) is 0 Å². The number of hydrogen-bond acceptors (Lipinski definition) is 7. The van der Waals surface area contributed by atoms with E-state index in [4.69, 9.17) is 4.74 Å². The second-order valence-corrected chi connectivity index (χ2v) is 4.51. The number of carbonyl (C=O) groups excluding carboxylic acids is 3. The Morgan fingerprint density at radius 2 is 1.96 bits per heavy atom. The molecule has 0 saturated carbocycles. The zero-order valence-corrected chi connectivity index (χ0v) is 12.0. The summed E-state index contributed by atoms with van der Waals surface area (Å²) >= 11 is 0. The minimum atomic E-state index is -0.939. The van der Waals surface area contributed by atoms with Gasteiger partial charge in [-0.15, -0.1) is 0 Å². The van der Waals surface area contributed by atoms with Gasteiger partial charge in [0, 0.05) is 18.9 Å². The van der Waals surface area contributed by atoms with Crippen LogP contribution in [0.4, 0.5) is 10.5 Å². The maximum absolute atomic E-state index is 11.9. The molecule has 0 aliphatic carbocycles. The summed E-state index contributed by atoms with van der Waals surface area (Å²) in [7, 11) is 2.32. The van der Waals surface area contributed by atoms with Gasteiger partial charge in [0.15, 0.2) is 0 Å². The fourth-order valence-electron chi connectivity index (χ4n) is 1.89. The van der Waals surface area contributed by atoms with Crippen molar-refractivity contribution in [3.63, 3.8) is 0 Å². The van der Waals surface area contributed by atoms with Crippen molar-refractivity contribution in [1.82, 2.24) is 10.2 Å². The number of barbiturate groups is 1. The smallest absolute Gasteiger partial charge is 0.331 e. The first-order valence-electron chi connectivity index (χ1n) is 6.14. The highest BCUT2D eigenvalue weighted by molar-refractivity contribution is 6.30. The Balaban J connectivity index is 2.56. The van der Waals surface area contributed by atoms with Crippen LogP contribution in [0.15, 0.2) is 17.7 Å². The summed E-state index contributed by atoms with van der Waals surface area (Å²) in [6.45, 7) is 0. The van der Waals surface area contributed by atoms with Crippen molar-refractivity contribution in [3.05, 3.63) is 33.4 Å². The number of imide groups is 2. The van der Waals surface area contributed by atoms with Crippen LogP contribution in [0, 0.1) is 10.1 Å². The molecule has 4 amide bonds. The van der Waals surface area contributed by atoms with E-state index in [0.717, 1.165) is 25.3 Å². The fourth-order valence-corrected chi connectivity index (χ4v) is 1.89. The van der Waals surface area contributed by atoms with Gasteiger partial charge in [-0.3, -0.25) is 29.9 Å². The molecular formula is C13H10N3O7-. The molecule has 0 aromatic heterocycles. The summed E-state index contributed by atoms with van der Waals surface area (Å²) in [6.07, 6.45) is 1.04. The van der Waals surface area contributed by atoms with Crippen LogP contribution in [0.5, 0.6) is 11.5 Å². The lowest BCUT2D eigenvalue weighted by atomic mass is 10.1. The highest BCUT2D eigenvalue weighted by atomic mass is 16.6. The van der Waals surface area contributed by atoms with Crippen molar-refractivity contribution >= 4 is 29.6 Å². The van der Waals surface area contributed by atoms with E-state index in [0.29, 0.717) is 4.90 Å². The average Bonchev–Trinajstić information content (AvgIpc) is 2.50. The van der Waals surface area contributed by atoms with Gasteiger partial charge < -0.3 is 9.84 Å². The molecule has 1 saturated heterocycles. The summed E-state index contributed by atoms with van der Waals surface area (Å²) in [5.74, 6) is -3.04. The summed E-state index contributed by atoms with van der Waals surface area (Å²) in [5, 5.41) is 24.6. The van der Waals surface area contributed by atoms with Gasteiger partial charge in [0.05, 0.1) is 12.0 Å². The molecule has 1 fully saturated rings. The number of ether oxygens (including phenoxy) is 1. The normalized spacial score (nSPS) is 16.5. The van der Waals surface area contributed by atoms with Crippen molar-refractivity contribution in [2.24, 2.45) is 0 Å². The molecule has 10 nitrogen and oxygen atoms in total. The van der Waals surface area contributed by atoms with E-state index < -0.39 is 39.8 Å². The van der Waals surface area contributed by atoms with Gasteiger partial charge in [0.2, 0.25) is 0 Å². The third-order valence-corrected chi connectivity index (χ3v) is 3.09. The number of likely N-dealkylation sites (N-methyl/N-ethyl adjacent to an activating group) is 1. The van der Waals surface area contributed by atoms with Crippen molar-refractivity contribution in [3.8, 4) is 11.5 Å². The van der Waals surface area contributed by atoms with Crippen LogP contribution < -0.4 is 15.2 Å². The van der Waals surface area contributed by atoms with Crippen LogP contribution >= 0.6 is 0 Å². The van der Waals surface area contributed by atoms with Crippen molar-refractivity contribution < 1.29 is 29.2 Å². The van der Waals surface area contributed by atoms with Crippen molar-refractivity contribution in [2.75, 3.05) is 14.2 Å². The number of rotatable bonds is 3. The molecule has 1 N–H and O–H groups in total. The molecule has 0 radical (unpaired) electrons. The standard InChI is InChI=1S/C13H11N3O7/c1-15-12(19)7(11(18)14-13(15)20)3-6-4-8(16(21)22)10(17)9(5-6)23-2/h3-5,17H,1-2H3,(H,14,18,20)/p-1/b7-3+. The molecule has 0 bridgehead atoms. The number of amides is 4. The lowest BCUT2D eigenvalue weighted by molar-refractivity contribution is -0.398. The van der Waals surface area contributed by atoms with Gasteiger partial charge >= 0.3 is 6.03 Å². The highest BCUT2D eigenvalue weighted by Crippen LogP contribution is 2.35. The molecule has 0 unspecified atom stereocenters. The molecule has 10 heteroatoms. The number of nitro benzene ring substituents is 1. The van der Waals surface area contributed by atoms with E-state index in [1.165, 1.54) is 7.05 Å². The number of benzene rings is 1. The van der Waals surface area contributed by atoms with Crippen molar-refractivity contribution in [1.29, 1.82) is 0 Å². The van der Waals surface area contributed by atoms with Crippen LogP contribution in [0.1, 0.15) is 5.56 Å². The summed E-state index contributed by atoms with van der Waals surface area (Å²) in [5.41, 5.74) is -1.12. The van der Waals surface area contributed by atoms with E-state index >= 15 is 0 Å². The van der Waals surface area contributed by atoms with Crippen LogP contribution in [0.3, 0.4) is 0 Å². The topological polar surface area (TPSA) is 142 Å². The maximum Gasteiger partial charge on any atom is 0.331 e. The van der Waals surface area contributed by atoms with E-state index in [1.54, 1.807) is 0 Å². The Labute approximate surface area is 129 Å². The quantitative estimate of drug-likeness (QED) is 0.351. The van der Waals surface area contributed by atoms with Crippen molar-refractivity contribution in [2.45, 2.75) is 0 Å². The lowest BCUT2D eigenvalue weighted by Gasteiger charge is -2.22. The summed E-state index contributed by atoms with van der Waals surface area (Å²) < 4.78 is 4.76. The fraction of sp³-hybridized carbons (Fsp3) is 0.154. The molecule has 1 aromatic carbocycles. The Bertz CT molecular complexity index is 769. The maximum atomic E-state index is 11.9. The van der Waals surface area contributed by atoms with Gasteiger partial charge in [0.1, 0.15) is 11.3 Å². The largest absolute Gasteiger partial charge is 0.865 e. The van der Waals surface area contributed by atoms with Crippen LogP contribution in [-0.4, -0.2) is 41.8 Å². The van der Waals surface area contributed by atoms with Gasteiger partial charge in [-0.25, -0.2) is 4.79 Å². The molecule has 23 heavy (non-hydrogen) atoms. The van der Waals surface area contributed by atoms with E-state index in [2.05, 4.69) is 0 Å². The molecule has 0 atom stereocenters. The minimum absolute atomic E-state index is 0.0365. The summed E-state index contributed by atoms with van der Waals surface area (Å²) in [6, 6.07) is 1.18. The Kier molecular flexibility index (Phi) is 3.99. The number of nitrogens with zero attached hydrogens (tertiary/aromatic N) is 2. The first-order chi connectivity index (χ1) is 10.8. The molecule has 120 valence electrons. The number of hydrogen-bond donors (Lipinski definition) is 1. The monoisotopic (exact) mass is 320 g/mol. The molecule has 1 aromatic rings. The molecule has 1 heterocycles. The molecular weight excluding hydrogens is 310 g/mol. The summed E-state index contributed by atoms with van der Waals surface area (Å²) in [4.78, 5) is 45.6. The number of nitrogens with one attached hydrogen (secondary N) is 1. The van der Waals surface area contributed by atoms with Gasteiger partial charge in [0.25, 0.3) is 17.5 Å². The zero-order chi connectivity index (χ0) is 17.3. The van der Waals surface area contributed by atoms with E-state index in [1.807, 2.05) is 5.32 Å². The molecule has 0 spiro atoms. The Morgan fingerprint density at radius 3 is 2.52 bits per heavy atom. The third kappa shape index (κ3) is 2.81. The predicted molar refractivity (Wildman–Crippen MR) is 73.4 cm³/mol. The zero-order valence-electron chi connectivity index (χ0n) is 12.0. The first kappa shape index (κ1) is 15.9. The van der Waals surface area contributed by atoms with Gasteiger partial charge in [-0.05, 0) is 17.7 Å². The Hall–Kier alpha value is -3.43. The lowest BCUT2D eigenvalue weighted by Crippen LogP contribution is -2.52. The van der Waals surface area contributed by atoms with E-state index in [-0.39, 0.29) is 11.3 Å². The molecule has 2 rings (SSSR count). The highest BCUT2D eigenvalue weighted by Gasteiger charge is 2.33. The minimum Gasteiger partial charge on any atom is -0.865 e. The van der Waals surface area contributed by atoms with Gasteiger partial charge in [-0.2, -0.15) is 0 Å². The van der Waals surface area contributed by atoms with Crippen LogP contribution in [0.25, 0.3) is 6.08 Å². The van der Waals surface area contributed by atoms with E-state index in [9.17, 15) is 29.6 Å². The third-order valence-electron chi connectivity index (χ3n) is 3.09. The first-order valence-corrected chi connectivity index (χ1v) is 6.14. The Morgan fingerprint density at radius 1 is 1.30 bits per heavy atom. The number of nitro groups is 1. The second kappa shape index (κ2) is 5.75. The number of methoxy groups -OCH3 is 1. The SMILES string of the molecule is COc1cc(/C=C2\C(=O)NC(=O)N(C)C2=O)cc([N+](=O)[O-])c1[O-]. The number of urea groups is 1. The average molecular weight is 320 g/mol. The number of carbonyl (C=O) groups is 3. The van der Waals surface area contributed by atoms with Crippen LogP contribution in [0.2, 0.25) is 0 Å². The van der Waals surface area contributed by atoms with Crippen LogP contribution in [-0.2, 0) is 9.59 Å². The molecule has 1 aliphatic rings. The predicted octanol–water partition coefficient (Wildman–Crippen LogP) is -0.231. The molecule has 1 aliphatic heterocycles. The second-order valence-electron chi connectivity index (χ2n) is 4.51.